The van der Waals surface area contributed by atoms with Crippen LogP contribution in [0.3, 0.4) is 0 Å². The Morgan fingerprint density at radius 2 is 1.31 bits per heavy atom. The van der Waals surface area contributed by atoms with Gasteiger partial charge in [-0.05, 0) is 18.2 Å². The second kappa shape index (κ2) is 6.37. The fourth-order valence-corrected chi connectivity index (χ4v) is 4.23. The van der Waals surface area contributed by atoms with E-state index in [1.165, 1.54) is 6.07 Å². The molecule has 0 N–H and O–H groups in total. The SMILES string of the molecule is FC(F)(F)c1nc2c3ccccc3c(Cl)cc2n1-c1ccc(Cl)c2ccccc12. The number of halogens is 5. The number of hydrogen-bond donors (Lipinski definition) is 0. The average molecular weight is 431 g/mol. The molecule has 5 rings (SSSR count). The van der Waals surface area contributed by atoms with Crippen molar-refractivity contribution in [1.82, 2.24) is 9.55 Å². The Bertz CT molecular complexity index is 1420. The second-order valence-corrected chi connectivity index (χ2v) is 7.47. The van der Waals surface area contributed by atoms with Gasteiger partial charge in [0.25, 0.3) is 0 Å². The van der Waals surface area contributed by atoms with E-state index in [0.717, 1.165) is 4.57 Å². The van der Waals surface area contributed by atoms with Gasteiger partial charge in [-0.1, -0.05) is 71.7 Å². The minimum absolute atomic E-state index is 0.247. The van der Waals surface area contributed by atoms with E-state index in [1.54, 1.807) is 60.7 Å². The first-order valence-electron chi connectivity index (χ1n) is 8.71. The molecule has 0 radical (unpaired) electrons. The van der Waals surface area contributed by atoms with Gasteiger partial charge < -0.3 is 0 Å². The second-order valence-electron chi connectivity index (χ2n) is 6.65. The number of aromatic nitrogens is 2. The first-order valence-corrected chi connectivity index (χ1v) is 9.46. The molecule has 1 heterocycles. The summed E-state index contributed by atoms with van der Waals surface area (Å²) in [5.41, 5.74) is 0.871. The Hall–Kier alpha value is -2.76. The van der Waals surface area contributed by atoms with Gasteiger partial charge in [0.05, 0.1) is 21.7 Å². The molecule has 0 amide bonds. The van der Waals surface area contributed by atoms with Crippen LogP contribution in [0.25, 0.3) is 38.3 Å². The van der Waals surface area contributed by atoms with Crippen molar-refractivity contribution in [3.05, 3.63) is 82.6 Å². The van der Waals surface area contributed by atoms with Crippen LogP contribution in [0.1, 0.15) is 5.82 Å². The van der Waals surface area contributed by atoms with E-state index in [2.05, 4.69) is 4.98 Å². The normalized spacial score (nSPS) is 12.3. The van der Waals surface area contributed by atoms with Crippen molar-refractivity contribution in [1.29, 1.82) is 0 Å². The molecule has 7 heteroatoms. The van der Waals surface area contributed by atoms with Crippen LogP contribution < -0.4 is 0 Å². The topological polar surface area (TPSA) is 17.8 Å². The number of hydrogen-bond acceptors (Lipinski definition) is 1. The van der Waals surface area contributed by atoms with E-state index in [0.29, 0.717) is 37.3 Å². The lowest BCUT2D eigenvalue weighted by Gasteiger charge is -2.15. The van der Waals surface area contributed by atoms with Crippen LogP contribution in [0, 0.1) is 0 Å². The molecule has 0 aliphatic carbocycles. The maximum absolute atomic E-state index is 14.0. The molecule has 0 saturated heterocycles. The Morgan fingerprint density at radius 1 is 0.724 bits per heavy atom. The minimum atomic E-state index is -4.66. The Kier molecular flexibility index (Phi) is 4.02. The molecule has 1 aromatic heterocycles. The van der Waals surface area contributed by atoms with E-state index < -0.39 is 12.0 Å². The molecule has 144 valence electrons. The predicted octanol–water partition coefficient (Wildman–Crippen LogP) is 7.66. The van der Waals surface area contributed by atoms with Gasteiger partial charge in [-0.3, -0.25) is 4.57 Å². The molecule has 29 heavy (non-hydrogen) atoms. The molecular weight excluding hydrogens is 420 g/mol. The molecular formula is C22H11Cl2F3N2. The van der Waals surface area contributed by atoms with Crippen LogP contribution in [-0.4, -0.2) is 9.55 Å². The van der Waals surface area contributed by atoms with Crippen molar-refractivity contribution in [3.8, 4) is 5.69 Å². The zero-order chi connectivity index (χ0) is 20.3. The highest BCUT2D eigenvalue weighted by molar-refractivity contribution is 6.37. The molecule has 0 saturated carbocycles. The van der Waals surface area contributed by atoms with E-state index >= 15 is 0 Å². The number of fused-ring (bicyclic) bond motifs is 4. The van der Waals surface area contributed by atoms with Crippen LogP contribution in [0.2, 0.25) is 10.0 Å². The zero-order valence-corrected chi connectivity index (χ0v) is 16.1. The summed E-state index contributed by atoms with van der Waals surface area (Å²) in [6.07, 6.45) is -4.66. The number of rotatable bonds is 1. The van der Waals surface area contributed by atoms with Crippen LogP contribution in [-0.2, 0) is 6.18 Å². The van der Waals surface area contributed by atoms with Gasteiger partial charge in [0.2, 0.25) is 5.82 Å². The fourth-order valence-electron chi connectivity index (χ4n) is 3.74. The summed E-state index contributed by atoms with van der Waals surface area (Å²) in [6.45, 7) is 0. The van der Waals surface area contributed by atoms with Gasteiger partial charge in [-0.15, -0.1) is 0 Å². The lowest BCUT2D eigenvalue weighted by molar-refractivity contribution is -0.145. The first-order chi connectivity index (χ1) is 13.9. The van der Waals surface area contributed by atoms with Gasteiger partial charge in [0, 0.05) is 26.6 Å². The summed E-state index contributed by atoms with van der Waals surface area (Å²) < 4.78 is 43.1. The van der Waals surface area contributed by atoms with Gasteiger partial charge in [-0.25, -0.2) is 4.98 Å². The standard InChI is InChI=1S/C22H11Cl2F3N2/c23-16-9-10-18(14-7-3-1-5-12(14)16)29-19-11-17(24)13-6-2-4-8-15(13)20(19)28-21(29)22(25,26)27/h1-11H. The molecule has 2 nitrogen and oxygen atoms in total. The smallest absolute Gasteiger partial charge is 0.288 e. The number of benzene rings is 4. The molecule has 0 spiro atoms. The number of nitrogens with zero attached hydrogens (tertiary/aromatic N) is 2. The summed E-state index contributed by atoms with van der Waals surface area (Å²) in [6, 6.07) is 18.8. The minimum Gasteiger partial charge on any atom is -0.288 e. The largest absolute Gasteiger partial charge is 0.450 e. The third kappa shape index (κ3) is 2.76. The van der Waals surface area contributed by atoms with Gasteiger partial charge in [0.15, 0.2) is 0 Å². The van der Waals surface area contributed by atoms with Crippen molar-refractivity contribution in [3.63, 3.8) is 0 Å². The Labute approximate surface area is 173 Å². The van der Waals surface area contributed by atoms with Gasteiger partial charge in [-0.2, -0.15) is 13.2 Å². The average Bonchev–Trinajstić information content (AvgIpc) is 3.09. The highest BCUT2D eigenvalue weighted by atomic mass is 35.5. The molecule has 5 aromatic rings. The highest BCUT2D eigenvalue weighted by Crippen LogP contribution is 2.40. The highest BCUT2D eigenvalue weighted by Gasteiger charge is 2.38. The number of alkyl halides is 3. The monoisotopic (exact) mass is 430 g/mol. The quantitative estimate of drug-likeness (QED) is 0.267. The summed E-state index contributed by atoms with van der Waals surface area (Å²) >= 11 is 12.7. The van der Waals surface area contributed by atoms with Crippen LogP contribution in [0.5, 0.6) is 0 Å². The molecule has 0 atom stereocenters. The lowest BCUT2D eigenvalue weighted by atomic mass is 10.1. The summed E-state index contributed by atoms with van der Waals surface area (Å²) in [7, 11) is 0. The van der Waals surface area contributed by atoms with Crippen molar-refractivity contribution in [2.75, 3.05) is 0 Å². The molecule has 0 fully saturated rings. The van der Waals surface area contributed by atoms with Crippen LogP contribution in [0.4, 0.5) is 13.2 Å². The predicted molar refractivity (Wildman–Crippen MR) is 111 cm³/mol. The molecule has 0 bridgehead atoms. The number of imidazole rings is 1. The van der Waals surface area contributed by atoms with E-state index in [1.807, 2.05) is 0 Å². The Balaban J connectivity index is 2.00. The summed E-state index contributed by atoms with van der Waals surface area (Å²) in [5.74, 6) is -1.01. The first kappa shape index (κ1) is 18.3. The van der Waals surface area contributed by atoms with E-state index in [9.17, 15) is 13.2 Å². The maximum atomic E-state index is 14.0. The van der Waals surface area contributed by atoms with Gasteiger partial charge in [0.1, 0.15) is 0 Å². The van der Waals surface area contributed by atoms with Crippen LogP contribution in [0.15, 0.2) is 66.7 Å². The third-order valence-corrected chi connectivity index (χ3v) is 5.60. The summed E-state index contributed by atoms with van der Waals surface area (Å²) in [5, 5.41) is 3.30. The van der Waals surface area contributed by atoms with Crippen molar-refractivity contribution < 1.29 is 13.2 Å². The molecule has 4 aromatic carbocycles. The van der Waals surface area contributed by atoms with Crippen molar-refractivity contribution >= 4 is 55.8 Å². The third-order valence-electron chi connectivity index (χ3n) is 4.96. The lowest BCUT2D eigenvalue weighted by Crippen LogP contribution is -2.14. The van der Waals surface area contributed by atoms with E-state index in [4.69, 9.17) is 23.2 Å². The fraction of sp³-hybridized carbons (Fsp3) is 0.0455. The zero-order valence-electron chi connectivity index (χ0n) is 14.6. The van der Waals surface area contributed by atoms with Crippen molar-refractivity contribution in [2.45, 2.75) is 6.18 Å². The van der Waals surface area contributed by atoms with Crippen molar-refractivity contribution in [2.24, 2.45) is 0 Å². The Morgan fingerprint density at radius 3 is 1.97 bits per heavy atom. The van der Waals surface area contributed by atoms with E-state index in [-0.39, 0.29) is 11.0 Å². The summed E-state index contributed by atoms with van der Waals surface area (Å²) in [4.78, 5) is 4.01. The molecule has 0 unspecified atom stereocenters. The molecule has 0 aliphatic heterocycles. The van der Waals surface area contributed by atoms with Crippen LogP contribution >= 0.6 is 23.2 Å². The molecule has 0 aliphatic rings. The van der Waals surface area contributed by atoms with Gasteiger partial charge >= 0.3 is 6.18 Å². The maximum Gasteiger partial charge on any atom is 0.450 e.